The van der Waals surface area contributed by atoms with Gasteiger partial charge in [-0.05, 0) is 28.9 Å². The molecular weight excluding hydrogens is 316 g/mol. The number of anilines is 1. The molecule has 0 saturated heterocycles. The van der Waals surface area contributed by atoms with Crippen molar-refractivity contribution in [2.75, 3.05) is 5.73 Å². The normalized spacial score (nSPS) is 10.2. The zero-order chi connectivity index (χ0) is 14.0. The Labute approximate surface area is 116 Å². The molecule has 19 heavy (non-hydrogen) atoms. The van der Waals surface area contributed by atoms with Crippen molar-refractivity contribution in [2.45, 2.75) is 6.92 Å². The summed E-state index contributed by atoms with van der Waals surface area (Å²) >= 11 is 3.19. The average Bonchev–Trinajstić information content (AvgIpc) is 2.33. The molecule has 2 aromatic rings. The summed E-state index contributed by atoms with van der Waals surface area (Å²) in [5.41, 5.74) is 5.85. The smallest absolute Gasteiger partial charge is 0.314 e. The van der Waals surface area contributed by atoms with Crippen LogP contribution in [0.1, 0.15) is 5.56 Å². The summed E-state index contributed by atoms with van der Waals surface area (Å²) in [4.78, 5) is 18.2. The van der Waals surface area contributed by atoms with Gasteiger partial charge in [-0.2, -0.15) is 4.98 Å². The van der Waals surface area contributed by atoms with Crippen LogP contribution in [0.5, 0.6) is 11.6 Å². The third kappa shape index (κ3) is 2.79. The first kappa shape index (κ1) is 13.2. The van der Waals surface area contributed by atoms with E-state index in [-0.39, 0.29) is 23.3 Å². The summed E-state index contributed by atoms with van der Waals surface area (Å²) < 4.78 is 5.90. The van der Waals surface area contributed by atoms with Crippen LogP contribution in [0.4, 0.5) is 11.6 Å². The van der Waals surface area contributed by atoms with Crippen LogP contribution in [0.25, 0.3) is 0 Å². The van der Waals surface area contributed by atoms with Gasteiger partial charge in [0.2, 0.25) is 17.6 Å². The van der Waals surface area contributed by atoms with Crippen molar-refractivity contribution in [2.24, 2.45) is 0 Å². The molecule has 8 heteroatoms. The molecule has 0 aliphatic heterocycles. The van der Waals surface area contributed by atoms with Crippen LogP contribution in [0, 0.1) is 17.0 Å². The quantitative estimate of drug-likeness (QED) is 0.687. The molecular formula is C11H9BrN4O3. The van der Waals surface area contributed by atoms with E-state index in [0.29, 0.717) is 10.0 Å². The minimum absolute atomic E-state index is 0.0218. The number of aryl methyl sites for hydroxylation is 1. The molecule has 0 saturated carbocycles. The molecule has 0 aliphatic rings. The van der Waals surface area contributed by atoms with Crippen LogP contribution in [0.15, 0.2) is 28.9 Å². The monoisotopic (exact) mass is 324 g/mol. The maximum atomic E-state index is 11.0. The van der Waals surface area contributed by atoms with Gasteiger partial charge in [0, 0.05) is 5.56 Å². The van der Waals surface area contributed by atoms with E-state index in [0.717, 1.165) is 0 Å². The van der Waals surface area contributed by atoms with Gasteiger partial charge in [0.25, 0.3) is 0 Å². The number of nitrogen functional groups attached to an aromatic ring is 1. The van der Waals surface area contributed by atoms with Crippen molar-refractivity contribution in [3.05, 3.63) is 44.5 Å². The number of nitrogens with zero attached hydrogens (tertiary/aromatic N) is 3. The molecule has 1 heterocycles. The summed E-state index contributed by atoms with van der Waals surface area (Å²) in [6.45, 7) is 1.63. The lowest BCUT2D eigenvalue weighted by Gasteiger charge is -2.08. The first-order chi connectivity index (χ1) is 8.99. The number of rotatable bonds is 3. The third-order valence-electron chi connectivity index (χ3n) is 2.32. The lowest BCUT2D eigenvalue weighted by atomic mass is 10.2. The summed E-state index contributed by atoms with van der Waals surface area (Å²) in [6, 6.07) is 4.79. The fourth-order valence-electron chi connectivity index (χ4n) is 1.49. The van der Waals surface area contributed by atoms with E-state index in [4.69, 9.17) is 10.5 Å². The highest BCUT2D eigenvalue weighted by atomic mass is 79.9. The van der Waals surface area contributed by atoms with Gasteiger partial charge < -0.3 is 10.5 Å². The van der Waals surface area contributed by atoms with Gasteiger partial charge in [-0.1, -0.05) is 12.1 Å². The molecule has 7 nitrogen and oxygen atoms in total. The second-order valence-corrected chi connectivity index (χ2v) is 4.52. The van der Waals surface area contributed by atoms with E-state index in [1.807, 2.05) is 0 Å². The minimum Gasteiger partial charge on any atom is -0.430 e. The van der Waals surface area contributed by atoms with E-state index in [1.165, 1.54) is 12.3 Å². The van der Waals surface area contributed by atoms with Crippen molar-refractivity contribution in [3.63, 3.8) is 0 Å². The Balaban J connectivity index is 2.46. The molecule has 0 fully saturated rings. The number of hydrogen-bond donors (Lipinski definition) is 1. The molecule has 98 valence electrons. The van der Waals surface area contributed by atoms with E-state index >= 15 is 0 Å². The van der Waals surface area contributed by atoms with Crippen molar-refractivity contribution in [3.8, 4) is 11.6 Å². The van der Waals surface area contributed by atoms with Crippen molar-refractivity contribution >= 4 is 27.6 Å². The first-order valence-electron chi connectivity index (χ1n) is 5.19. The third-order valence-corrected chi connectivity index (χ3v) is 2.86. The molecule has 0 bridgehead atoms. The molecule has 0 unspecified atom stereocenters. The van der Waals surface area contributed by atoms with Crippen LogP contribution in [0.3, 0.4) is 0 Å². The number of aromatic nitrogens is 2. The summed E-state index contributed by atoms with van der Waals surface area (Å²) in [5, 5.41) is 11.0. The zero-order valence-electron chi connectivity index (χ0n) is 9.83. The molecule has 2 N–H and O–H groups in total. The highest BCUT2D eigenvalue weighted by Crippen LogP contribution is 2.35. The van der Waals surface area contributed by atoms with E-state index in [1.54, 1.807) is 19.1 Å². The zero-order valence-corrected chi connectivity index (χ0v) is 11.4. The number of benzene rings is 1. The molecule has 0 radical (unpaired) electrons. The predicted octanol–water partition coefficient (Wildman–Crippen LogP) is 2.83. The van der Waals surface area contributed by atoms with Gasteiger partial charge in [0.05, 0.1) is 15.6 Å². The van der Waals surface area contributed by atoms with Crippen LogP contribution >= 0.6 is 15.9 Å². The number of hydrogen-bond acceptors (Lipinski definition) is 6. The average molecular weight is 325 g/mol. The maximum absolute atomic E-state index is 11.0. The van der Waals surface area contributed by atoms with Crippen molar-refractivity contribution in [1.29, 1.82) is 0 Å². The number of ether oxygens (including phenoxy) is 1. The number of halogens is 1. The lowest BCUT2D eigenvalue weighted by Crippen LogP contribution is -2.00. The number of nitro groups is 1. The van der Waals surface area contributed by atoms with Gasteiger partial charge in [0.1, 0.15) is 0 Å². The summed E-state index contributed by atoms with van der Waals surface area (Å²) in [7, 11) is 0. The van der Waals surface area contributed by atoms with Crippen molar-refractivity contribution < 1.29 is 9.66 Å². The fourth-order valence-corrected chi connectivity index (χ4v) is 1.76. The van der Waals surface area contributed by atoms with E-state index < -0.39 is 4.92 Å². The Morgan fingerprint density at radius 3 is 2.89 bits per heavy atom. The van der Waals surface area contributed by atoms with Crippen LogP contribution in [-0.2, 0) is 0 Å². The second-order valence-electron chi connectivity index (χ2n) is 3.66. The van der Waals surface area contributed by atoms with Gasteiger partial charge in [-0.3, -0.25) is 10.1 Å². The molecule has 1 aromatic carbocycles. The number of nitrogens with two attached hydrogens (primary N) is 1. The molecule has 0 amide bonds. The highest BCUT2D eigenvalue weighted by Gasteiger charge is 2.20. The summed E-state index contributed by atoms with van der Waals surface area (Å²) in [5.74, 6) is 0.249. The van der Waals surface area contributed by atoms with Crippen LogP contribution in [0.2, 0.25) is 0 Å². The predicted molar refractivity (Wildman–Crippen MR) is 72.1 cm³/mol. The Kier molecular flexibility index (Phi) is 3.61. The second kappa shape index (κ2) is 5.19. The minimum atomic E-state index is -0.497. The molecule has 0 spiro atoms. The lowest BCUT2D eigenvalue weighted by molar-refractivity contribution is -0.386. The number of nitro benzene ring substituents is 1. The van der Waals surface area contributed by atoms with Gasteiger partial charge in [-0.15, -0.1) is 0 Å². The SMILES string of the molecule is Cc1cccc(Oc2nc(N)ncc2Br)c1[N+](=O)[O-]. The van der Waals surface area contributed by atoms with E-state index in [2.05, 4.69) is 25.9 Å². The highest BCUT2D eigenvalue weighted by molar-refractivity contribution is 9.10. The Hall–Kier alpha value is -2.22. The van der Waals surface area contributed by atoms with Crippen molar-refractivity contribution in [1.82, 2.24) is 9.97 Å². The Morgan fingerprint density at radius 1 is 1.47 bits per heavy atom. The molecule has 0 atom stereocenters. The number of para-hydroxylation sites is 1. The Morgan fingerprint density at radius 2 is 2.21 bits per heavy atom. The molecule has 1 aromatic heterocycles. The van der Waals surface area contributed by atoms with Gasteiger partial charge in [0.15, 0.2) is 0 Å². The summed E-state index contributed by atoms with van der Waals surface area (Å²) in [6.07, 6.45) is 1.42. The molecule has 2 rings (SSSR count). The standard InChI is InChI=1S/C11H9BrN4O3/c1-6-3-2-4-8(9(6)16(17)18)19-10-7(12)5-14-11(13)15-10/h2-5H,1H3,(H2,13,14,15). The fraction of sp³-hybridized carbons (Fsp3) is 0.0909. The van der Waals surface area contributed by atoms with Crippen LogP contribution < -0.4 is 10.5 Å². The molecule has 0 aliphatic carbocycles. The first-order valence-corrected chi connectivity index (χ1v) is 5.98. The largest absolute Gasteiger partial charge is 0.430 e. The van der Waals surface area contributed by atoms with Gasteiger partial charge in [-0.25, -0.2) is 4.98 Å². The van der Waals surface area contributed by atoms with Crippen LogP contribution in [-0.4, -0.2) is 14.9 Å². The van der Waals surface area contributed by atoms with Gasteiger partial charge >= 0.3 is 5.69 Å². The Bertz CT molecular complexity index is 648. The maximum Gasteiger partial charge on any atom is 0.314 e. The van der Waals surface area contributed by atoms with E-state index in [9.17, 15) is 10.1 Å². The topological polar surface area (TPSA) is 104 Å².